The molecule has 0 saturated carbocycles. The van der Waals surface area contributed by atoms with Crippen molar-refractivity contribution in [2.24, 2.45) is 0 Å². The van der Waals surface area contributed by atoms with E-state index in [1.54, 1.807) is 0 Å². The minimum atomic E-state index is 0.448. The van der Waals surface area contributed by atoms with Crippen LogP contribution < -0.4 is 5.32 Å². The maximum atomic E-state index is 4.95. The van der Waals surface area contributed by atoms with E-state index in [9.17, 15) is 0 Å². The molecular formula is C9H8IN3O. The highest BCUT2D eigenvalue weighted by Crippen LogP contribution is 2.09. The van der Waals surface area contributed by atoms with Gasteiger partial charge >= 0.3 is 6.01 Å². The first-order chi connectivity index (χ1) is 6.84. The molecule has 1 N–H and O–H groups in total. The van der Waals surface area contributed by atoms with E-state index >= 15 is 0 Å². The summed E-state index contributed by atoms with van der Waals surface area (Å²) in [6.45, 7) is 0.693. The van der Waals surface area contributed by atoms with Gasteiger partial charge in [-0.2, -0.15) is 0 Å². The summed E-state index contributed by atoms with van der Waals surface area (Å²) in [4.78, 5) is 0. The van der Waals surface area contributed by atoms with Crippen LogP contribution in [0.2, 0.25) is 0 Å². The zero-order chi connectivity index (χ0) is 9.80. The van der Waals surface area contributed by atoms with Crippen molar-refractivity contribution in [3.8, 4) is 0 Å². The third-order valence-electron chi connectivity index (χ3n) is 1.69. The largest absolute Gasteiger partial charge is 0.411 e. The molecule has 0 fully saturated rings. The predicted octanol–water partition coefficient (Wildman–Crippen LogP) is 2.29. The van der Waals surface area contributed by atoms with Crippen LogP contribution >= 0.6 is 22.6 Å². The Hall–Kier alpha value is -1.11. The smallest absolute Gasteiger partial charge is 0.315 e. The number of hydrogen-bond donors (Lipinski definition) is 1. The van der Waals surface area contributed by atoms with E-state index in [2.05, 4.69) is 50.2 Å². The van der Waals surface area contributed by atoms with E-state index < -0.39 is 0 Å². The van der Waals surface area contributed by atoms with Gasteiger partial charge in [-0.05, 0) is 40.3 Å². The van der Waals surface area contributed by atoms with Crippen LogP contribution in [0.15, 0.2) is 35.1 Å². The highest BCUT2D eigenvalue weighted by molar-refractivity contribution is 14.1. The van der Waals surface area contributed by atoms with Gasteiger partial charge in [0.1, 0.15) is 0 Å². The molecule has 0 bridgehead atoms. The van der Waals surface area contributed by atoms with Crippen molar-refractivity contribution in [1.82, 2.24) is 10.2 Å². The molecule has 0 saturated heterocycles. The Morgan fingerprint density at radius 2 is 2.36 bits per heavy atom. The van der Waals surface area contributed by atoms with Crippen LogP contribution in [0.1, 0.15) is 5.56 Å². The zero-order valence-electron chi connectivity index (χ0n) is 7.27. The molecule has 2 rings (SSSR count). The molecular weight excluding hydrogens is 293 g/mol. The molecule has 0 aliphatic rings. The van der Waals surface area contributed by atoms with Crippen LogP contribution in [-0.2, 0) is 6.54 Å². The lowest BCUT2D eigenvalue weighted by Crippen LogP contribution is -1.99. The predicted molar refractivity (Wildman–Crippen MR) is 60.8 cm³/mol. The first-order valence-corrected chi connectivity index (χ1v) is 5.17. The lowest BCUT2D eigenvalue weighted by Gasteiger charge is -2.01. The fourth-order valence-electron chi connectivity index (χ4n) is 1.07. The second kappa shape index (κ2) is 4.41. The Labute approximate surface area is 94.9 Å². The zero-order valence-corrected chi connectivity index (χ0v) is 9.43. The Bertz CT molecular complexity index is 402. The average Bonchev–Trinajstić information content (AvgIpc) is 2.67. The van der Waals surface area contributed by atoms with Crippen molar-refractivity contribution >= 4 is 28.6 Å². The average molecular weight is 301 g/mol. The van der Waals surface area contributed by atoms with Crippen molar-refractivity contribution in [3.05, 3.63) is 39.8 Å². The van der Waals surface area contributed by atoms with Gasteiger partial charge < -0.3 is 9.73 Å². The fourth-order valence-corrected chi connectivity index (χ4v) is 1.68. The van der Waals surface area contributed by atoms with Gasteiger partial charge in [-0.25, -0.2) is 0 Å². The molecule has 0 amide bonds. The monoisotopic (exact) mass is 301 g/mol. The summed E-state index contributed by atoms with van der Waals surface area (Å²) in [7, 11) is 0. The van der Waals surface area contributed by atoms with Gasteiger partial charge in [-0.1, -0.05) is 17.2 Å². The van der Waals surface area contributed by atoms with Crippen LogP contribution in [0, 0.1) is 3.57 Å². The van der Waals surface area contributed by atoms with Gasteiger partial charge in [-0.15, -0.1) is 5.10 Å². The summed E-state index contributed by atoms with van der Waals surface area (Å²) in [5, 5.41) is 10.3. The van der Waals surface area contributed by atoms with Crippen LogP contribution in [-0.4, -0.2) is 10.2 Å². The van der Waals surface area contributed by atoms with Gasteiger partial charge in [0.25, 0.3) is 0 Å². The summed E-state index contributed by atoms with van der Waals surface area (Å²) < 4.78 is 6.17. The summed E-state index contributed by atoms with van der Waals surface area (Å²) >= 11 is 2.28. The van der Waals surface area contributed by atoms with Gasteiger partial charge in [-0.3, -0.25) is 0 Å². The van der Waals surface area contributed by atoms with Crippen molar-refractivity contribution in [2.75, 3.05) is 5.32 Å². The lowest BCUT2D eigenvalue weighted by atomic mass is 10.2. The molecule has 14 heavy (non-hydrogen) atoms. The van der Waals surface area contributed by atoms with Crippen LogP contribution in [0.25, 0.3) is 0 Å². The number of halogens is 1. The van der Waals surface area contributed by atoms with Crippen LogP contribution in [0.4, 0.5) is 6.01 Å². The molecule has 1 heterocycles. The molecule has 72 valence electrons. The first-order valence-electron chi connectivity index (χ1n) is 4.09. The van der Waals surface area contributed by atoms with Gasteiger partial charge in [0, 0.05) is 10.1 Å². The molecule has 0 aliphatic carbocycles. The highest BCUT2D eigenvalue weighted by Gasteiger charge is 1.97. The Morgan fingerprint density at radius 3 is 3.07 bits per heavy atom. The molecule has 1 aromatic carbocycles. The molecule has 1 aromatic heterocycles. The molecule has 5 heteroatoms. The lowest BCUT2D eigenvalue weighted by molar-refractivity contribution is 0.565. The first kappa shape index (κ1) is 9.45. The number of aromatic nitrogens is 2. The SMILES string of the molecule is Ic1cccc(CNc2nnco2)c1. The number of benzene rings is 1. The second-order valence-electron chi connectivity index (χ2n) is 2.73. The maximum absolute atomic E-state index is 4.95. The summed E-state index contributed by atoms with van der Waals surface area (Å²) in [5.74, 6) is 0. The number of rotatable bonds is 3. The van der Waals surface area contributed by atoms with Gasteiger partial charge in [0.05, 0.1) is 0 Å². The van der Waals surface area contributed by atoms with E-state index in [1.807, 2.05) is 12.1 Å². The number of nitrogens with one attached hydrogen (secondary N) is 1. The van der Waals surface area contributed by atoms with Gasteiger partial charge in [0.15, 0.2) is 0 Å². The summed E-state index contributed by atoms with van der Waals surface area (Å²) in [5.41, 5.74) is 1.19. The van der Waals surface area contributed by atoms with E-state index in [0.29, 0.717) is 12.6 Å². The van der Waals surface area contributed by atoms with Crippen molar-refractivity contribution in [1.29, 1.82) is 0 Å². The minimum Gasteiger partial charge on any atom is -0.411 e. The van der Waals surface area contributed by atoms with Crippen molar-refractivity contribution < 1.29 is 4.42 Å². The maximum Gasteiger partial charge on any atom is 0.315 e. The number of hydrogen-bond acceptors (Lipinski definition) is 4. The Morgan fingerprint density at radius 1 is 1.43 bits per heavy atom. The minimum absolute atomic E-state index is 0.448. The van der Waals surface area contributed by atoms with E-state index in [-0.39, 0.29) is 0 Å². The van der Waals surface area contributed by atoms with E-state index in [0.717, 1.165) is 0 Å². The molecule has 4 nitrogen and oxygen atoms in total. The molecule has 2 aromatic rings. The van der Waals surface area contributed by atoms with Crippen LogP contribution in [0.5, 0.6) is 0 Å². The van der Waals surface area contributed by atoms with Crippen molar-refractivity contribution in [2.45, 2.75) is 6.54 Å². The summed E-state index contributed by atoms with van der Waals surface area (Å²) in [6.07, 6.45) is 1.30. The summed E-state index contributed by atoms with van der Waals surface area (Å²) in [6, 6.07) is 8.67. The molecule has 0 aliphatic heterocycles. The Balaban J connectivity index is 1.98. The number of anilines is 1. The van der Waals surface area contributed by atoms with E-state index in [4.69, 9.17) is 4.42 Å². The molecule has 0 atom stereocenters. The van der Waals surface area contributed by atoms with Crippen LogP contribution in [0.3, 0.4) is 0 Å². The Kier molecular flexibility index (Phi) is 2.97. The standard InChI is InChI=1S/C9H8IN3O/c10-8-3-1-2-7(4-8)5-11-9-13-12-6-14-9/h1-4,6H,5H2,(H,11,13). The third kappa shape index (κ3) is 2.44. The quantitative estimate of drug-likeness (QED) is 0.884. The molecule has 0 radical (unpaired) electrons. The van der Waals surface area contributed by atoms with Gasteiger partial charge in [0.2, 0.25) is 6.39 Å². The topological polar surface area (TPSA) is 51.0 Å². The third-order valence-corrected chi connectivity index (χ3v) is 2.36. The molecule has 0 spiro atoms. The number of nitrogens with zero attached hydrogens (tertiary/aromatic N) is 2. The molecule has 0 unspecified atom stereocenters. The van der Waals surface area contributed by atoms with E-state index in [1.165, 1.54) is 15.5 Å². The normalized spacial score (nSPS) is 10.1. The highest BCUT2D eigenvalue weighted by atomic mass is 127. The fraction of sp³-hybridized carbons (Fsp3) is 0.111. The second-order valence-corrected chi connectivity index (χ2v) is 3.97. The van der Waals surface area contributed by atoms with Crippen molar-refractivity contribution in [3.63, 3.8) is 0 Å².